The van der Waals surface area contributed by atoms with Gasteiger partial charge < -0.3 is 5.11 Å². The van der Waals surface area contributed by atoms with Gasteiger partial charge in [0.2, 0.25) is 0 Å². The zero-order valence-electron chi connectivity index (χ0n) is 8.24. The first-order valence-corrected chi connectivity index (χ1v) is 4.41. The maximum Gasteiger partial charge on any atom is 0.161 e. The molecule has 0 aliphatic rings. The van der Waals surface area contributed by atoms with Gasteiger partial charge in [0.15, 0.2) is 5.78 Å². The zero-order chi connectivity index (χ0) is 10.6. The molecule has 0 saturated carbocycles. The van der Waals surface area contributed by atoms with Crippen LogP contribution in [0.15, 0.2) is 24.3 Å². The molecule has 0 bridgehead atoms. The van der Waals surface area contributed by atoms with Gasteiger partial charge in [0.1, 0.15) is 6.10 Å². The van der Waals surface area contributed by atoms with Crippen LogP contribution in [0.5, 0.6) is 0 Å². The van der Waals surface area contributed by atoms with Crippen LogP contribution in [0.25, 0.3) is 0 Å². The number of Topliss-reactive ketones (excluding diaryl/α,β-unsaturated/α-hetero) is 1. The van der Waals surface area contributed by atoms with Crippen molar-refractivity contribution in [2.75, 3.05) is 0 Å². The average molecular weight is 188 g/mol. The van der Waals surface area contributed by atoms with Crippen LogP contribution < -0.4 is 0 Å². The van der Waals surface area contributed by atoms with Crippen LogP contribution in [0, 0.1) is 11.8 Å². The maximum absolute atomic E-state index is 11.2. The van der Waals surface area contributed by atoms with Crippen molar-refractivity contribution in [3.8, 4) is 11.8 Å². The maximum atomic E-state index is 11.2. The Morgan fingerprint density at radius 3 is 2.64 bits per heavy atom. The first-order valence-electron chi connectivity index (χ1n) is 4.41. The number of benzene rings is 1. The van der Waals surface area contributed by atoms with E-state index in [-0.39, 0.29) is 5.78 Å². The van der Waals surface area contributed by atoms with Gasteiger partial charge in [0.05, 0.1) is 0 Å². The van der Waals surface area contributed by atoms with Crippen molar-refractivity contribution >= 4 is 5.78 Å². The number of carbonyl (C=O) groups is 1. The minimum absolute atomic E-state index is 0.0134. The molecule has 0 radical (unpaired) electrons. The Hall–Kier alpha value is -1.59. The number of ketones is 1. The van der Waals surface area contributed by atoms with E-state index in [1.807, 2.05) is 6.07 Å². The Labute approximate surface area is 83.6 Å². The number of carbonyl (C=O) groups excluding carboxylic acids is 1. The number of hydrogen-bond acceptors (Lipinski definition) is 2. The highest BCUT2D eigenvalue weighted by molar-refractivity contribution is 5.96. The molecule has 0 amide bonds. The lowest BCUT2D eigenvalue weighted by atomic mass is 10.0. The molecule has 14 heavy (non-hydrogen) atoms. The second-order valence-electron chi connectivity index (χ2n) is 3.05. The predicted octanol–water partition coefficient (Wildman–Crippen LogP) is 1.62. The van der Waals surface area contributed by atoms with Crippen molar-refractivity contribution in [1.82, 2.24) is 0 Å². The van der Waals surface area contributed by atoms with Gasteiger partial charge in [-0.2, -0.15) is 0 Å². The molecule has 0 aliphatic carbocycles. The minimum atomic E-state index is -0.671. The quantitative estimate of drug-likeness (QED) is 0.537. The SMILES string of the molecule is CC(=O)c1ccccc1C#C[C@H](C)O. The molecule has 72 valence electrons. The summed E-state index contributed by atoms with van der Waals surface area (Å²) in [5.41, 5.74) is 1.27. The molecule has 0 saturated heterocycles. The van der Waals surface area contributed by atoms with E-state index in [0.717, 1.165) is 0 Å². The summed E-state index contributed by atoms with van der Waals surface area (Å²) in [6.45, 7) is 3.09. The van der Waals surface area contributed by atoms with Gasteiger partial charge in [-0.25, -0.2) is 0 Å². The summed E-state index contributed by atoms with van der Waals surface area (Å²) < 4.78 is 0. The molecule has 2 nitrogen and oxygen atoms in total. The summed E-state index contributed by atoms with van der Waals surface area (Å²) in [6, 6.07) is 7.11. The second kappa shape index (κ2) is 4.59. The van der Waals surface area contributed by atoms with E-state index >= 15 is 0 Å². The fourth-order valence-corrected chi connectivity index (χ4v) is 1.08. The van der Waals surface area contributed by atoms with Crippen LogP contribution in [0.4, 0.5) is 0 Å². The number of aliphatic hydroxyl groups excluding tert-OH is 1. The molecule has 0 spiro atoms. The van der Waals surface area contributed by atoms with E-state index in [0.29, 0.717) is 11.1 Å². The van der Waals surface area contributed by atoms with Gasteiger partial charge in [-0.05, 0) is 19.9 Å². The summed E-state index contributed by atoms with van der Waals surface area (Å²) in [5, 5.41) is 8.98. The van der Waals surface area contributed by atoms with E-state index in [9.17, 15) is 4.79 Å². The van der Waals surface area contributed by atoms with Crippen molar-refractivity contribution in [2.45, 2.75) is 20.0 Å². The van der Waals surface area contributed by atoms with Gasteiger partial charge in [-0.1, -0.05) is 30.0 Å². The van der Waals surface area contributed by atoms with Gasteiger partial charge >= 0.3 is 0 Å². The van der Waals surface area contributed by atoms with Crippen molar-refractivity contribution < 1.29 is 9.90 Å². The van der Waals surface area contributed by atoms with Crippen LogP contribution in [0.3, 0.4) is 0 Å². The lowest BCUT2D eigenvalue weighted by Gasteiger charge is -1.98. The normalized spacial score (nSPS) is 11.4. The van der Waals surface area contributed by atoms with Gasteiger partial charge in [-0.15, -0.1) is 0 Å². The van der Waals surface area contributed by atoms with Crippen LogP contribution in [-0.2, 0) is 0 Å². The minimum Gasteiger partial charge on any atom is -0.381 e. The van der Waals surface area contributed by atoms with E-state index in [1.165, 1.54) is 6.92 Å². The van der Waals surface area contributed by atoms with Gasteiger partial charge in [-0.3, -0.25) is 4.79 Å². The van der Waals surface area contributed by atoms with Crippen molar-refractivity contribution in [2.24, 2.45) is 0 Å². The highest BCUT2D eigenvalue weighted by atomic mass is 16.3. The molecule has 0 fully saturated rings. The molecule has 1 N–H and O–H groups in total. The Bertz CT molecular complexity index is 394. The van der Waals surface area contributed by atoms with Crippen molar-refractivity contribution in [3.05, 3.63) is 35.4 Å². The third kappa shape index (κ3) is 2.72. The molecule has 1 aromatic rings. The zero-order valence-corrected chi connectivity index (χ0v) is 8.24. The standard InChI is InChI=1S/C12H12O2/c1-9(13)7-8-11-5-3-4-6-12(11)10(2)14/h3-6,9,13H,1-2H3/t9-/m0/s1. The fourth-order valence-electron chi connectivity index (χ4n) is 1.08. The fraction of sp³-hybridized carbons (Fsp3) is 0.250. The van der Waals surface area contributed by atoms with Gasteiger partial charge in [0, 0.05) is 11.1 Å². The van der Waals surface area contributed by atoms with Crippen LogP contribution >= 0.6 is 0 Å². The van der Waals surface area contributed by atoms with Gasteiger partial charge in [0.25, 0.3) is 0 Å². The Balaban J connectivity index is 3.10. The molecule has 0 aromatic heterocycles. The van der Waals surface area contributed by atoms with Crippen LogP contribution in [0.2, 0.25) is 0 Å². The third-order valence-electron chi connectivity index (χ3n) is 1.72. The van der Waals surface area contributed by atoms with E-state index < -0.39 is 6.10 Å². The average Bonchev–Trinajstić information content (AvgIpc) is 2.15. The second-order valence-corrected chi connectivity index (χ2v) is 3.05. The Kier molecular flexibility index (Phi) is 3.44. The summed E-state index contributed by atoms with van der Waals surface area (Å²) >= 11 is 0. The Morgan fingerprint density at radius 2 is 2.07 bits per heavy atom. The van der Waals surface area contributed by atoms with E-state index in [4.69, 9.17) is 5.11 Å². The third-order valence-corrected chi connectivity index (χ3v) is 1.72. The highest BCUT2D eigenvalue weighted by Gasteiger charge is 2.02. The first-order chi connectivity index (χ1) is 6.61. The van der Waals surface area contributed by atoms with Crippen molar-refractivity contribution in [1.29, 1.82) is 0 Å². The topological polar surface area (TPSA) is 37.3 Å². The molecule has 0 aliphatic heterocycles. The lowest BCUT2D eigenvalue weighted by molar-refractivity contribution is 0.101. The number of aliphatic hydroxyl groups is 1. The first kappa shape index (κ1) is 10.5. The predicted molar refractivity (Wildman–Crippen MR) is 55.0 cm³/mol. The van der Waals surface area contributed by atoms with E-state index in [2.05, 4.69) is 11.8 Å². The molecular formula is C12H12O2. The summed E-state index contributed by atoms with van der Waals surface area (Å²) in [7, 11) is 0. The largest absolute Gasteiger partial charge is 0.381 e. The highest BCUT2D eigenvalue weighted by Crippen LogP contribution is 2.07. The van der Waals surface area contributed by atoms with Crippen molar-refractivity contribution in [3.63, 3.8) is 0 Å². The molecule has 0 unspecified atom stereocenters. The monoisotopic (exact) mass is 188 g/mol. The molecule has 2 heteroatoms. The molecule has 0 heterocycles. The Morgan fingerprint density at radius 1 is 1.43 bits per heavy atom. The lowest BCUT2D eigenvalue weighted by Crippen LogP contribution is -1.97. The van der Waals surface area contributed by atoms with Crippen LogP contribution in [-0.4, -0.2) is 17.0 Å². The summed E-state index contributed by atoms with van der Waals surface area (Å²) in [6.07, 6.45) is -0.671. The molecule has 1 rings (SSSR count). The molecule has 1 atom stereocenters. The number of hydrogen-bond donors (Lipinski definition) is 1. The van der Waals surface area contributed by atoms with Crippen LogP contribution in [0.1, 0.15) is 29.8 Å². The summed E-state index contributed by atoms with van der Waals surface area (Å²) in [5.74, 6) is 5.37. The molecular weight excluding hydrogens is 176 g/mol. The summed E-state index contributed by atoms with van der Waals surface area (Å²) in [4.78, 5) is 11.2. The van der Waals surface area contributed by atoms with E-state index in [1.54, 1.807) is 25.1 Å². The molecule has 1 aromatic carbocycles. The smallest absolute Gasteiger partial charge is 0.161 e. The number of rotatable bonds is 1.